The third kappa shape index (κ3) is 22.0. The van der Waals surface area contributed by atoms with Crippen LogP contribution in [0.15, 0.2) is 0 Å². The minimum Gasteiger partial charge on any atom is -0.469 e. The number of methoxy groups -OCH3 is 1. The van der Waals surface area contributed by atoms with Crippen molar-refractivity contribution in [2.45, 2.75) is 149 Å². The first-order valence-corrected chi connectivity index (χ1v) is 13.2. The van der Waals surface area contributed by atoms with Gasteiger partial charge in [-0.2, -0.15) is 0 Å². The molecule has 0 aromatic rings. The molecular formula is C27H54O2. The van der Waals surface area contributed by atoms with E-state index in [0.29, 0.717) is 12.3 Å². The summed E-state index contributed by atoms with van der Waals surface area (Å²) in [6.45, 7) is 6.83. The highest BCUT2D eigenvalue weighted by atomic mass is 16.5. The van der Waals surface area contributed by atoms with E-state index in [9.17, 15) is 4.79 Å². The van der Waals surface area contributed by atoms with Gasteiger partial charge in [0.05, 0.1) is 7.11 Å². The molecule has 0 aliphatic rings. The number of esters is 1. The van der Waals surface area contributed by atoms with E-state index in [4.69, 9.17) is 4.74 Å². The fourth-order valence-electron chi connectivity index (χ4n) is 4.22. The second-order valence-electron chi connectivity index (χ2n) is 9.66. The largest absolute Gasteiger partial charge is 0.469 e. The van der Waals surface area contributed by atoms with Crippen molar-refractivity contribution < 1.29 is 9.53 Å². The first kappa shape index (κ1) is 28.5. The highest BCUT2D eigenvalue weighted by molar-refractivity contribution is 5.69. The van der Waals surface area contributed by atoms with Gasteiger partial charge >= 0.3 is 5.97 Å². The van der Waals surface area contributed by atoms with Crippen LogP contribution in [0.2, 0.25) is 0 Å². The van der Waals surface area contributed by atoms with Gasteiger partial charge in [0, 0.05) is 6.42 Å². The second-order valence-corrected chi connectivity index (χ2v) is 9.66. The van der Waals surface area contributed by atoms with Crippen LogP contribution in [0.4, 0.5) is 0 Å². The molecule has 2 nitrogen and oxygen atoms in total. The van der Waals surface area contributed by atoms with Gasteiger partial charge in [-0.25, -0.2) is 0 Å². The molecule has 2 heteroatoms. The topological polar surface area (TPSA) is 26.3 Å². The summed E-state index contributed by atoms with van der Waals surface area (Å²) in [5.74, 6) is 1.18. The summed E-state index contributed by atoms with van der Waals surface area (Å²) in [5.41, 5.74) is 0. The number of ether oxygens (including phenoxy) is 1. The average Bonchev–Trinajstić information content (AvgIpc) is 2.71. The van der Waals surface area contributed by atoms with Crippen LogP contribution in [-0.2, 0) is 9.53 Å². The van der Waals surface area contributed by atoms with Gasteiger partial charge in [0.1, 0.15) is 0 Å². The zero-order chi connectivity index (χ0) is 21.6. The molecule has 0 aliphatic carbocycles. The molecule has 0 aromatic carbocycles. The van der Waals surface area contributed by atoms with Crippen molar-refractivity contribution in [3.63, 3.8) is 0 Å². The van der Waals surface area contributed by atoms with Crippen molar-refractivity contribution in [1.82, 2.24) is 0 Å². The third-order valence-electron chi connectivity index (χ3n) is 6.45. The summed E-state index contributed by atoms with van der Waals surface area (Å²) in [4.78, 5) is 11.3. The zero-order valence-corrected chi connectivity index (χ0v) is 20.6. The highest BCUT2D eigenvalue weighted by Crippen LogP contribution is 2.21. The Morgan fingerprint density at radius 3 is 1.38 bits per heavy atom. The Bertz CT molecular complexity index is 339. The fourth-order valence-corrected chi connectivity index (χ4v) is 4.22. The van der Waals surface area contributed by atoms with Crippen LogP contribution in [0.25, 0.3) is 0 Å². The molecule has 174 valence electrons. The van der Waals surface area contributed by atoms with E-state index in [1.807, 2.05) is 0 Å². The lowest BCUT2D eigenvalue weighted by Gasteiger charge is -2.14. The molecule has 0 rings (SSSR count). The van der Waals surface area contributed by atoms with E-state index in [2.05, 4.69) is 20.8 Å². The molecule has 0 saturated heterocycles. The highest BCUT2D eigenvalue weighted by Gasteiger charge is 2.11. The summed E-state index contributed by atoms with van der Waals surface area (Å²) in [6, 6.07) is 0. The van der Waals surface area contributed by atoms with Crippen molar-refractivity contribution in [3.05, 3.63) is 0 Å². The predicted molar refractivity (Wildman–Crippen MR) is 128 cm³/mol. The molecule has 0 spiro atoms. The van der Waals surface area contributed by atoms with Gasteiger partial charge < -0.3 is 4.74 Å². The van der Waals surface area contributed by atoms with Crippen LogP contribution < -0.4 is 0 Å². The molecule has 2 atom stereocenters. The minimum atomic E-state index is -0.0667. The van der Waals surface area contributed by atoms with Gasteiger partial charge in [-0.3, -0.25) is 4.79 Å². The molecule has 0 unspecified atom stereocenters. The van der Waals surface area contributed by atoms with Gasteiger partial charge in [-0.15, -0.1) is 0 Å². The Hall–Kier alpha value is -0.530. The predicted octanol–water partition coefficient (Wildman–Crippen LogP) is 9.25. The van der Waals surface area contributed by atoms with Gasteiger partial charge in [-0.05, 0) is 18.3 Å². The van der Waals surface area contributed by atoms with E-state index >= 15 is 0 Å². The minimum absolute atomic E-state index is 0.0667. The maximum atomic E-state index is 11.3. The van der Waals surface area contributed by atoms with Crippen LogP contribution in [0.3, 0.4) is 0 Å². The number of rotatable bonds is 22. The Kier molecular flexibility index (Phi) is 21.8. The van der Waals surface area contributed by atoms with Crippen LogP contribution in [0, 0.1) is 11.8 Å². The van der Waals surface area contributed by atoms with E-state index in [-0.39, 0.29) is 5.97 Å². The summed E-state index contributed by atoms with van der Waals surface area (Å²) in [7, 11) is 1.48. The normalized spacial score (nSPS) is 13.4. The molecule has 0 N–H and O–H groups in total. The number of carbonyl (C=O) groups excluding carboxylic acids is 1. The molecular weight excluding hydrogens is 356 g/mol. The summed E-state index contributed by atoms with van der Waals surface area (Å²) in [6.07, 6.45) is 27.3. The molecule has 0 saturated carbocycles. The van der Waals surface area contributed by atoms with Crippen molar-refractivity contribution in [2.75, 3.05) is 7.11 Å². The standard InChI is InChI=1S/C27H54O2/c1-5-6-7-8-9-10-11-12-13-14-15-16-17-18-19-20-21-25(2)22-23-26(3)24-27(28)29-4/h25-26H,5-24H2,1-4H3/t25-,26+/m1/s1. The second kappa shape index (κ2) is 22.2. The van der Waals surface area contributed by atoms with E-state index in [0.717, 1.165) is 12.3 Å². The van der Waals surface area contributed by atoms with Crippen LogP contribution in [0.1, 0.15) is 149 Å². The lowest BCUT2D eigenvalue weighted by Crippen LogP contribution is -2.08. The van der Waals surface area contributed by atoms with Gasteiger partial charge in [-0.1, -0.05) is 136 Å². The Morgan fingerprint density at radius 2 is 0.966 bits per heavy atom. The molecule has 0 bridgehead atoms. The van der Waals surface area contributed by atoms with Crippen LogP contribution in [-0.4, -0.2) is 13.1 Å². The lowest BCUT2D eigenvalue weighted by molar-refractivity contribution is -0.141. The smallest absolute Gasteiger partial charge is 0.305 e. The van der Waals surface area contributed by atoms with Crippen LogP contribution in [0.5, 0.6) is 0 Å². The maximum absolute atomic E-state index is 11.3. The monoisotopic (exact) mass is 410 g/mol. The Morgan fingerprint density at radius 1 is 0.586 bits per heavy atom. The lowest BCUT2D eigenvalue weighted by atomic mass is 9.92. The van der Waals surface area contributed by atoms with Gasteiger partial charge in [0.2, 0.25) is 0 Å². The third-order valence-corrected chi connectivity index (χ3v) is 6.45. The van der Waals surface area contributed by atoms with E-state index in [1.54, 1.807) is 0 Å². The Labute approximate surface area is 184 Å². The fraction of sp³-hybridized carbons (Fsp3) is 0.963. The summed E-state index contributed by atoms with van der Waals surface area (Å²) in [5, 5.41) is 0. The molecule has 0 amide bonds. The quantitative estimate of drug-likeness (QED) is 0.131. The number of hydrogen-bond acceptors (Lipinski definition) is 2. The SMILES string of the molecule is CCCCCCCCCCCCCCCCCC[C@@H](C)CC[C@H](C)CC(=O)OC. The summed E-state index contributed by atoms with van der Waals surface area (Å²) >= 11 is 0. The zero-order valence-electron chi connectivity index (χ0n) is 20.6. The van der Waals surface area contributed by atoms with Gasteiger partial charge in [0.25, 0.3) is 0 Å². The number of hydrogen-bond donors (Lipinski definition) is 0. The van der Waals surface area contributed by atoms with E-state index in [1.165, 1.54) is 123 Å². The Balaban J connectivity index is 3.24. The van der Waals surface area contributed by atoms with Crippen LogP contribution >= 0.6 is 0 Å². The average molecular weight is 411 g/mol. The van der Waals surface area contributed by atoms with E-state index < -0.39 is 0 Å². The molecule has 0 aliphatic heterocycles. The van der Waals surface area contributed by atoms with Crippen molar-refractivity contribution in [3.8, 4) is 0 Å². The molecule has 0 aromatic heterocycles. The van der Waals surface area contributed by atoms with Crippen molar-refractivity contribution in [2.24, 2.45) is 11.8 Å². The first-order chi connectivity index (χ1) is 14.1. The van der Waals surface area contributed by atoms with Crippen molar-refractivity contribution >= 4 is 5.97 Å². The first-order valence-electron chi connectivity index (χ1n) is 13.2. The molecule has 0 fully saturated rings. The molecule has 0 heterocycles. The number of unbranched alkanes of at least 4 members (excludes halogenated alkanes) is 15. The molecule has 29 heavy (non-hydrogen) atoms. The maximum Gasteiger partial charge on any atom is 0.305 e. The number of carbonyl (C=O) groups is 1. The molecule has 0 radical (unpaired) electrons. The van der Waals surface area contributed by atoms with Gasteiger partial charge in [0.15, 0.2) is 0 Å². The van der Waals surface area contributed by atoms with Crippen molar-refractivity contribution in [1.29, 1.82) is 0 Å². The summed E-state index contributed by atoms with van der Waals surface area (Å²) < 4.78 is 4.75.